The molecule has 0 saturated carbocycles. The summed E-state index contributed by atoms with van der Waals surface area (Å²) in [5.41, 5.74) is 5.91. The zero-order valence-electron chi connectivity index (χ0n) is 10.7. The van der Waals surface area contributed by atoms with Gasteiger partial charge in [0.1, 0.15) is 11.9 Å². The summed E-state index contributed by atoms with van der Waals surface area (Å²) in [6.45, 7) is 7.61. The van der Waals surface area contributed by atoms with Gasteiger partial charge in [0.15, 0.2) is 0 Å². The number of ether oxygens (including phenoxy) is 1. The molecule has 1 aliphatic heterocycles. The van der Waals surface area contributed by atoms with E-state index in [1.807, 2.05) is 0 Å². The molecular weight excluding hydrogens is 281 g/mol. The topological polar surface area (TPSA) is 59.9 Å². The summed E-state index contributed by atoms with van der Waals surface area (Å²) in [7, 11) is 0. The Morgan fingerprint density at radius 2 is 2.40 bits per heavy atom. The minimum atomic E-state index is -0.506. The molecule has 0 bridgehead atoms. The van der Waals surface area contributed by atoms with E-state index in [0.717, 1.165) is 0 Å². The van der Waals surface area contributed by atoms with E-state index in [1.165, 1.54) is 22.7 Å². The molecule has 5 nitrogen and oxygen atoms in total. The van der Waals surface area contributed by atoms with Crippen LogP contribution in [0.4, 0.5) is 14.9 Å². The van der Waals surface area contributed by atoms with Crippen molar-refractivity contribution >= 4 is 23.5 Å². The highest BCUT2D eigenvalue weighted by molar-refractivity contribution is 7.99. The van der Waals surface area contributed by atoms with Gasteiger partial charge in [-0.1, -0.05) is 0 Å². The predicted octanol–water partition coefficient (Wildman–Crippen LogP) is 2.12. The Labute approximate surface area is 120 Å². The van der Waals surface area contributed by atoms with Crippen molar-refractivity contribution in [3.8, 4) is 0 Å². The van der Waals surface area contributed by atoms with Crippen LogP contribution in [0.1, 0.15) is 0 Å². The highest BCUT2D eigenvalue weighted by Crippen LogP contribution is 2.28. The summed E-state index contributed by atoms with van der Waals surface area (Å²) in [6.07, 6.45) is -0.855. The van der Waals surface area contributed by atoms with Crippen molar-refractivity contribution in [3.63, 3.8) is 0 Å². The van der Waals surface area contributed by atoms with E-state index in [0.29, 0.717) is 29.4 Å². The van der Waals surface area contributed by atoms with E-state index in [-0.39, 0.29) is 12.6 Å². The summed E-state index contributed by atoms with van der Waals surface area (Å²) < 4.78 is 19.0. The van der Waals surface area contributed by atoms with Crippen LogP contribution in [0.5, 0.6) is 0 Å². The van der Waals surface area contributed by atoms with Gasteiger partial charge >= 0.3 is 6.09 Å². The predicted molar refractivity (Wildman–Crippen MR) is 75.3 cm³/mol. The van der Waals surface area contributed by atoms with E-state index in [1.54, 1.807) is 12.1 Å². The average molecular weight is 295 g/mol. The largest absolute Gasteiger partial charge is 0.443 e. The molecule has 0 unspecified atom stereocenters. The van der Waals surface area contributed by atoms with Crippen LogP contribution in [0.25, 0.3) is 4.85 Å². The monoisotopic (exact) mass is 295 g/mol. The fourth-order valence-electron chi connectivity index (χ4n) is 1.83. The Morgan fingerprint density at radius 3 is 3.00 bits per heavy atom. The summed E-state index contributed by atoms with van der Waals surface area (Å²) in [6, 6.07) is 4.59. The van der Waals surface area contributed by atoms with Gasteiger partial charge in [0.25, 0.3) is 0 Å². The van der Waals surface area contributed by atoms with Crippen LogP contribution < -0.4 is 10.6 Å². The third kappa shape index (κ3) is 3.21. The molecular formula is C13H14FN3O2S. The zero-order valence-corrected chi connectivity index (χ0v) is 11.5. The standard InChI is InChI=1S/C13H14FN3O2S/c1-16-4-5-20-12-3-2-9(6-11(12)14)17-8-10(7-15)19-13(17)18/h2-3,6,10H,4-5,7-8,15H2/t10-/m0/s1. The van der Waals surface area contributed by atoms with Crippen LogP contribution in [0.15, 0.2) is 23.1 Å². The molecule has 0 aliphatic carbocycles. The Morgan fingerprint density at radius 1 is 1.60 bits per heavy atom. The van der Waals surface area contributed by atoms with Gasteiger partial charge in [-0.25, -0.2) is 15.8 Å². The van der Waals surface area contributed by atoms with E-state index in [4.69, 9.17) is 17.0 Å². The van der Waals surface area contributed by atoms with Crippen molar-refractivity contribution in [2.24, 2.45) is 5.73 Å². The number of anilines is 1. The molecule has 2 N–H and O–H groups in total. The Hall–Kier alpha value is -1.78. The number of halogens is 1. The molecule has 0 spiro atoms. The molecule has 20 heavy (non-hydrogen) atoms. The minimum Gasteiger partial charge on any atom is -0.443 e. The lowest BCUT2D eigenvalue weighted by Crippen LogP contribution is -2.27. The van der Waals surface area contributed by atoms with Crippen molar-refractivity contribution < 1.29 is 13.9 Å². The number of hydrogen-bond acceptors (Lipinski definition) is 4. The molecule has 1 saturated heterocycles. The number of nitrogens with zero attached hydrogens (tertiary/aromatic N) is 2. The van der Waals surface area contributed by atoms with Gasteiger partial charge in [-0.2, -0.15) is 0 Å². The molecule has 0 aromatic heterocycles. The van der Waals surface area contributed by atoms with Crippen LogP contribution in [-0.4, -0.2) is 37.6 Å². The fraction of sp³-hybridized carbons (Fsp3) is 0.385. The smallest absolute Gasteiger partial charge is 0.414 e. The summed E-state index contributed by atoms with van der Waals surface area (Å²) >= 11 is 1.29. The number of carbonyl (C=O) groups excluding carboxylic acids is 1. The lowest BCUT2D eigenvalue weighted by Gasteiger charge is -2.13. The molecule has 1 atom stereocenters. The zero-order chi connectivity index (χ0) is 14.5. The van der Waals surface area contributed by atoms with Crippen molar-refractivity contribution in [1.82, 2.24) is 0 Å². The Bertz CT molecular complexity index is 547. The second kappa shape index (κ2) is 6.59. The lowest BCUT2D eigenvalue weighted by atomic mass is 10.2. The summed E-state index contributed by atoms with van der Waals surface area (Å²) in [5.74, 6) is 0.141. The molecule has 1 aliphatic rings. The second-order valence-electron chi connectivity index (χ2n) is 4.20. The first kappa shape index (κ1) is 14.6. The molecule has 1 aromatic carbocycles. The normalized spacial score (nSPS) is 17.9. The molecule has 0 radical (unpaired) electrons. The van der Waals surface area contributed by atoms with Crippen LogP contribution in [-0.2, 0) is 4.74 Å². The molecule has 1 fully saturated rings. The maximum atomic E-state index is 13.9. The average Bonchev–Trinajstić information content (AvgIpc) is 2.82. The maximum absolute atomic E-state index is 13.9. The van der Waals surface area contributed by atoms with Crippen LogP contribution in [0, 0.1) is 12.4 Å². The molecule has 2 rings (SSSR count). The summed E-state index contributed by atoms with van der Waals surface area (Å²) in [4.78, 5) is 16.7. The third-order valence-electron chi connectivity index (χ3n) is 2.82. The number of carbonyl (C=O) groups is 1. The van der Waals surface area contributed by atoms with Crippen molar-refractivity contribution in [2.45, 2.75) is 11.0 Å². The first-order valence-electron chi connectivity index (χ1n) is 6.09. The fourth-order valence-corrected chi connectivity index (χ4v) is 2.59. The third-order valence-corrected chi connectivity index (χ3v) is 3.85. The minimum absolute atomic E-state index is 0.245. The quantitative estimate of drug-likeness (QED) is 0.513. The van der Waals surface area contributed by atoms with Crippen LogP contribution >= 0.6 is 11.8 Å². The van der Waals surface area contributed by atoms with Crippen molar-refractivity contribution in [3.05, 3.63) is 35.4 Å². The number of nitrogens with two attached hydrogens (primary N) is 1. The molecule has 1 aromatic rings. The van der Waals surface area contributed by atoms with E-state index in [2.05, 4.69) is 4.85 Å². The first-order valence-corrected chi connectivity index (χ1v) is 7.08. The highest BCUT2D eigenvalue weighted by Gasteiger charge is 2.31. The van der Waals surface area contributed by atoms with E-state index >= 15 is 0 Å². The van der Waals surface area contributed by atoms with E-state index < -0.39 is 11.9 Å². The SMILES string of the molecule is [C-]#[N+]CCSc1ccc(N2C[C@H](CN)OC2=O)cc1F. The highest BCUT2D eigenvalue weighted by atomic mass is 32.2. The number of cyclic esters (lactones) is 1. The molecule has 1 heterocycles. The van der Waals surface area contributed by atoms with Crippen molar-refractivity contribution in [2.75, 3.05) is 30.3 Å². The van der Waals surface area contributed by atoms with Gasteiger partial charge in [0, 0.05) is 11.4 Å². The Kier molecular flexibility index (Phi) is 4.82. The molecule has 7 heteroatoms. The summed E-state index contributed by atoms with van der Waals surface area (Å²) in [5, 5.41) is 0. The van der Waals surface area contributed by atoms with E-state index in [9.17, 15) is 9.18 Å². The number of rotatable bonds is 5. The molecule has 1 amide bonds. The maximum Gasteiger partial charge on any atom is 0.414 e. The van der Waals surface area contributed by atoms with Gasteiger partial charge in [-0.3, -0.25) is 4.90 Å². The number of thioether (sulfide) groups is 1. The van der Waals surface area contributed by atoms with Gasteiger partial charge in [-0.15, -0.1) is 11.8 Å². The van der Waals surface area contributed by atoms with Gasteiger partial charge in [0.05, 0.1) is 18.0 Å². The number of benzene rings is 1. The lowest BCUT2D eigenvalue weighted by molar-refractivity contribution is 0.145. The van der Waals surface area contributed by atoms with Crippen LogP contribution in [0.3, 0.4) is 0 Å². The van der Waals surface area contributed by atoms with Crippen LogP contribution in [0.2, 0.25) is 0 Å². The van der Waals surface area contributed by atoms with Crippen molar-refractivity contribution in [1.29, 1.82) is 0 Å². The van der Waals surface area contributed by atoms with Gasteiger partial charge < -0.3 is 15.3 Å². The van der Waals surface area contributed by atoms with Gasteiger partial charge in [0.2, 0.25) is 6.54 Å². The number of hydrogen-bond donors (Lipinski definition) is 1. The molecule has 106 valence electrons. The first-order chi connectivity index (χ1) is 9.65. The Balaban J connectivity index is 2.09. The number of amides is 1. The second-order valence-corrected chi connectivity index (χ2v) is 5.33. The van der Waals surface area contributed by atoms with Gasteiger partial charge in [-0.05, 0) is 18.2 Å².